The highest BCUT2D eigenvalue weighted by atomic mass is 16.5. The summed E-state index contributed by atoms with van der Waals surface area (Å²) < 4.78 is 11.8. The van der Waals surface area contributed by atoms with Gasteiger partial charge in [-0.25, -0.2) is 4.68 Å². The van der Waals surface area contributed by atoms with Crippen LogP contribution in [0.2, 0.25) is 0 Å². The van der Waals surface area contributed by atoms with Crippen molar-refractivity contribution in [3.63, 3.8) is 0 Å². The van der Waals surface area contributed by atoms with Gasteiger partial charge in [0.15, 0.2) is 0 Å². The number of nitrogens with one attached hydrogen (secondary N) is 2. The predicted octanol–water partition coefficient (Wildman–Crippen LogP) is 2.66. The zero-order chi connectivity index (χ0) is 23.8. The van der Waals surface area contributed by atoms with E-state index in [4.69, 9.17) is 9.47 Å². The van der Waals surface area contributed by atoms with Crippen molar-refractivity contribution >= 4 is 11.9 Å². The molecule has 0 atom stereocenters. The average Bonchev–Trinajstić information content (AvgIpc) is 3.10. The second kappa shape index (κ2) is 16.7. The van der Waals surface area contributed by atoms with Crippen LogP contribution in [0.25, 0.3) is 0 Å². The van der Waals surface area contributed by atoms with Gasteiger partial charge in [0.05, 0.1) is 31.2 Å². The molecule has 31 heavy (non-hydrogen) atoms. The Morgan fingerprint density at radius 2 is 1.48 bits per heavy atom. The summed E-state index contributed by atoms with van der Waals surface area (Å²) in [5.41, 5.74) is 0.951. The Bertz CT molecular complexity index is 615. The van der Waals surface area contributed by atoms with Gasteiger partial charge in [-0.2, -0.15) is 0 Å². The highest BCUT2D eigenvalue weighted by Gasteiger charge is 2.07. The topological polar surface area (TPSA) is 107 Å². The summed E-state index contributed by atoms with van der Waals surface area (Å²) in [7, 11) is 0. The second-order valence-corrected chi connectivity index (χ2v) is 8.54. The number of ether oxygens (including phenoxy) is 2. The van der Waals surface area contributed by atoms with Gasteiger partial charge in [-0.3, -0.25) is 9.59 Å². The van der Waals surface area contributed by atoms with E-state index in [-0.39, 0.29) is 18.0 Å². The maximum Gasteiger partial charge on any atom is 0.307 e. The van der Waals surface area contributed by atoms with Crippen LogP contribution in [0.4, 0.5) is 0 Å². The molecule has 0 aromatic carbocycles. The summed E-state index contributed by atoms with van der Waals surface area (Å²) in [6, 6.07) is 0.814. The second-order valence-electron chi connectivity index (χ2n) is 8.54. The predicted molar refractivity (Wildman–Crippen MR) is 122 cm³/mol. The fourth-order valence-electron chi connectivity index (χ4n) is 2.26. The molecular formula is C22H43N5O4. The maximum atomic E-state index is 11.4. The number of nitrogens with zero attached hydrogens (tertiary/aromatic N) is 3. The Morgan fingerprint density at radius 1 is 0.935 bits per heavy atom. The van der Waals surface area contributed by atoms with E-state index in [2.05, 4.69) is 34.8 Å². The smallest absolute Gasteiger partial charge is 0.307 e. The molecule has 0 saturated carbocycles. The molecule has 0 spiro atoms. The summed E-state index contributed by atoms with van der Waals surface area (Å²) in [6.07, 6.45) is 2.73. The van der Waals surface area contributed by atoms with Gasteiger partial charge >= 0.3 is 11.9 Å². The van der Waals surface area contributed by atoms with Gasteiger partial charge in [0.1, 0.15) is 6.61 Å². The monoisotopic (exact) mass is 441 g/mol. The van der Waals surface area contributed by atoms with E-state index in [9.17, 15) is 9.59 Å². The van der Waals surface area contributed by atoms with Crippen LogP contribution in [0.3, 0.4) is 0 Å². The van der Waals surface area contributed by atoms with Gasteiger partial charge < -0.3 is 20.1 Å². The van der Waals surface area contributed by atoms with E-state index in [0.717, 1.165) is 5.69 Å². The fourth-order valence-corrected chi connectivity index (χ4v) is 2.26. The third-order valence-corrected chi connectivity index (χ3v) is 3.86. The van der Waals surface area contributed by atoms with Crippen LogP contribution in [0, 0.1) is 0 Å². The van der Waals surface area contributed by atoms with Crippen molar-refractivity contribution in [2.45, 2.75) is 98.9 Å². The lowest BCUT2D eigenvalue weighted by Gasteiger charge is -2.09. The molecule has 9 heteroatoms. The highest BCUT2D eigenvalue weighted by molar-refractivity contribution is 5.69. The molecule has 0 saturated heterocycles. The minimum absolute atomic E-state index is 0.00319. The minimum atomic E-state index is -0.183. The van der Waals surface area contributed by atoms with Gasteiger partial charge in [-0.15, -0.1) is 5.10 Å². The first-order valence-electron chi connectivity index (χ1n) is 11.2. The molecule has 0 aliphatic rings. The van der Waals surface area contributed by atoms with Crippen molar-refractivity contribution in [2.24, 2.45) is 0 Å². The Balaban J connectivity index is 0.000000649. The molecule has 0 aliphatic carbocycles. The lowest BCUT2D eigenvalue weighted by Crippen LogP contribution is -2.26. The molecule has 0 aliphatic heterocycles. The quantitative estimate of drug-likeness (QED) is 0.450. The van der Waals surface area contributed by atoms with Crippen LogP contribution < -0.4 is 10.6 Å². The van der Waals surface area contributed by atoms with E-state index >= 15 is 0 Å². The van der Waals surface area contributed by atoms with E-state index in [1.165, 1.54) is 0 Å². The van der Waals surface area contributed by atoms with Crippen molar-refractivity contribution in [2.75, 3.05) is 19.7 Å². The Hall–Kier alpha value is -2.00. The van der Waals surface area contributed by atoms with Crippen molar-refractivity contribution < 1.29 is 19.1 Å². The van der Waals surface area contributed by atoms with E-state index < -0.39 is 0 Å². The van der Waals surface area contributed by atoms with Crippen LogP contribution in [0.1, 0.15) is 79.8 Å². The summed E-state index contributed by atoms with van der Waals surface area (Å²) in [4.78, 5) is 22.4. The van der Waals surface area contributed by atoms with Gasteiger partial charge in [-0.05, 0) is 19.8 Å². The summed E-state index contributed by atoms with van der Waals surface area (Å²) >= 11 is 0. The first kappa shape index (κ1) is 29.0. The van der Waals surface area contributed by atoms with E-state index in [1.54, 1.807) is 4.68 Å². The van der Waals surface area contributed by atoms with Gasteiger partial charge in [-0.1, -0.05) is 46.8 Å². The van der Waals surface area contributed by atoms with Crippen LogP contribution in [0.15, 0.2) is 6.20 Å². The van der Waals surface area contributed by atoms with Crippen LogP contribution in [-0.4, -0.2) is 64.8 Å². The van der Waals surface area contributed by atoms with Crippen molar-refractivity contribution in [1.29, 1.82) is 0 Å². The number of carbonyl (C=O) groups excluding carboxylic acids is 2. The Labute approximate surface area is 187 Å². The number of aromatic nitrogens is 3. The van der Waals surface area contributed by atoms with Gasteiger partial charge in [0.2, 0.25) is 0 Å². The minimum Gasteiger partial charge on any atom is -0.464 e. The Morgan fingerprint density at radius 3 is 1.94 bits per heavy atom. The molecule has 0 fully saturated rings. The Kier molecular flexibility index (Phi) is 15.6. The molecule has 1 aromatic heterocycles. The van der Waals surface area contributed by atoms with Crippen molar-refractivity contribution in [3.05, 3.63) is 11.9 Å². The average molecular weight is 442 g/mol. The molecule has 0 unspecified atom stereocenters. The first-order chi connectivity index (χ1) is 14.5. The van der Waals surface area contributed by atoms with Crippen LogP contribution >= 0.6 is 0 Å². The molecule has 1 rings (SSSR count). The summed E-state index contributed by atoms with van der Waals surface area (Å²) in [5, 5.41) is 14.3. The molecule has 0 bridgehead atoms. The molecule has 0 amide bonds. The van der Waals surface area contributed by atoms with Gasteiger partial charge in [0, 0.05) is 31.4 Å². The lowest BCUT2D eigenvalue weighted by molar-refractivity contribution is -0.147. The summed E-state index contributed by atoms with van der Waals surface area (Å²) in [5.74, 6) is 0.0499. The zero-order valence-corrected chi connectivity index (χ0v) is 20.6. The molecule has 2 N–H and O–H groups in total. The third-order valence-electron chi connectivity index (χ3n) is 3.86. The molecule has 0 radical (unpaired) electrons. The van der Waals surface area contributed by atoms with Crippen LogP contribution in [0.5, 0.6) is 0 Å². The largest absolute Gasteiger partial charge is 0.464 e. The number of esters is 2. The molecule has 180 valence electrons. The number of carbonyl (C=O) groups is 2. The lowest BCUT2D eigenvalue weighted by atomic mass is 10.2. The molecular weight excluding hydrogens is 398 g/mol. The van der Waals surface area contributed by atoms with Crippen LogP contribution in [-0.2, 0) is 25.6 Å². The van der Waals surface area contributed by atoms with Crippen molar-refractivity contribution in [3.8, 4) is 0 Å². The number of hydrogen-bond donors (Lipinski definition) is 2. The van der Waals surface area contributed by atoms with Gasteiger partial charge in [0.25, 0.3) is 0 Å². The first-order valence-corrected chi connectivity index (χ1v) is 11.2. The standard InChI is InChI=1S/C13H24N4O2.C9H19NO2/c1-10(2)12-9-17(16-15-12)7-8-19-13(18)5-6-14-11(3)4;1-7(2)10-6-5-9(11)12-8(3)4/h9-11,14H,5-8H2,1-4H3;7-8,10H,5-6H2,1-4H3. The third kappa shape index (κ3) is 17.4. The van der Waals surface area contributed by atoms with Crippen molar-refractivity contribution in [1.82, 2.24) is 25.6 Å². The SMILES string of the molecule is CC(C)NCCC(=O)OC(C)C.CC(C)NCCC(=O)OCCn1cc(C(C)C)nn1. The zero-order valence-electron chi connectivity index (χ0n) is 20.6. The van der Waals surface area contributed by atoms with E-state index in [0.29, 0.717) is 57.1 Å². The number of rotatable bonds is 13. The number of hydrogen-bond acceptors (Lipinski definition) is 8. The maximum absolute atomic E-state index is 11.4. The summed E-state index contributed by atoms with van der Waals surface area (Å²) in [6.45, 7) is 18.3. The normalized spacial score (nSPS) is 11.1. The fraction of sp³-hybridized carbons (Fsp3) is 0.818. The molecule has 1 heterocycles. The molecule has 1 aromatic rings. The molecule has 9 nitrogen and oxygen atoms in total. The van der Waals surface area contributed by atoms with E-state index in [1.807, 2.05) is 47.7 Å². The highest BCUT2D eigenvalue weighted by Crippen LogP contribution is 2.08.